The average Bonchev–Trinajstić information content (AvgIpc) is 2.46. The summed E-state index contributed by atoms with van der Waals surface area (Å²) in [4.78, 5) is 5.13. The molecule has 2 nitrogen and oxygen atoms in total. The second-order valence-electron chi connectivity index (χ2n) is 5.11. The fraction of sp³-hybridized carbons (Fsp3) is 0.846. The Labute approximate surface area is 93.9 Å². The zero-order chi connectivity index (χ0) is 10.5. The Bertz CT molecular complexity index is 213. The van der Waals surface area contributed by atoms with Crippen LogP contribution < -0.4 is 0 Å². The van der Waals surface area contributed by atoms with Crippen LogP contribution in [0.2, 0.25) is 0 Å². The molecular formula is C13H24N2. The highest BCUT2D eigenvalue weighted by Gasteiger charge is 2.17. The Kier molecular flexibility index (Phi) is 4.21. The van der Waals surface area contributed by atoms with E-state index in [1.165, 1.54) is 58.4 Å². The van der Waals surface area contributed by atoms with Gasteiger partial charge in [0.2, 0.25) is 0 Å². The number of nitrogens with zero attached hydrogens (tertiary/aromatic N) is 2. The molecule has 1 aliphatic carbocycles. The van der Waals surface area contributed by atoms with Crippen molar-refractivity contribution in [3.05, 3.63) is 12.2 Å². The van der Waals surface area contributed by atoms with Crippen molar-refractivity contribution in [3.8, 4) is 0 Å². The SMILES string of the molecule is CN1CCCN(C[C@@H]2CC=CCC2)CC1. The number of hydrogen-bond acceptors (Lipinski definition) is 2. The van der Waals surface area contributed by atoms with Crippen molar-refractivity contribution < 1.29 is 0 Å². The smallest absolute Gasteiger partial charge is 0.0109 e. The lowest BCUT2D eigenvalue weighted by Gasteiger charge is -2.26. The summed E-state index contributed by atoms with van der Waals surface area (Å²) in [7, 11) is 2.24. The molecule has 1 heterocycles. The third-order valence-corrected chi connectivity index (χ3v) is 3.71. The molecule has 0 unspecified atom stereocenters. The monoisotopic (exact) mass is 208 g/mol. The van der Waals surface area contributed by atoms with Gasteiger partial charge in [0.1, 0.15) is 0 Å². The van der Waals surface area contributed by atoms with E-state index in [4.69, 9.17) is 0 Å². The standard InChI is InChI=1S/C13H24N2/c1-14-8-5-9-15(11-10-14)12-13-6-3-2-4-7-13/h2-3,13H,4-12H2,1H3/t13-/m1/s1. The molecule has 0 aromatic rings. The van der Waals surface area contributed by atoms with Crippen LogP contribution in [0.25, 0.3) is 0 Å². The average molecular weight is 208 g/mol. The lowest BCUT2D eigenvalue weighted by atomic mass is 9.94. The normalized spacial score (nSPS) is 30.3. The van der Waals surface area contributed by atoms with Crippen LogP contribution in [0.4, 0.5) is 0 Å². The van der Waals surface area contributed by atoms with Crippen molar-refractivity contribution in [2.24, 2.45) is 5.92 Å². The van der Waals surface area contributed by atoms with Crippen molar-refractivity contribution in [1.29, 1.82) is 0 Å². The first kappa shape index (κ1) is 11.2. The molecule has 1 saturated heterocycles. The third kappa shape index (κ3) is 3.62. The van der Waals surface area contributed by atoms with Gasteiger partial charge >= 0.3 is 0 Å². The first-order chi connectivity index (χ1) is 7.34. The maximum atomic E-state index is 2.67. The molecule has 0 N–H and O–H groups in total. The van der Waals surface area contributed by atoms with Gasteiger partial charge in [-0.15, -0.1) is 0 Å². The van der Waals surface area contributed by atoms with Gasteiger partial charge in [0.15, 0.2) is 0 Å². The van der Waals surface area contributed by atoms with E-state index in [1.807, 2.05) is 0 Å². The van der Waals surface area contributed by atoms with Gasteiger partial charge in [0, 0.05) is 19.6 Å². The molecule has 2 aliphatic rings. The summed E-state index contributed by atoms with van der Waals surface area (Å²) >= 11 is 0. The molecule has 0 bridgehead atoms. The first-order valence-corrected chi connectivity index (χ1v) is 6.40. The maximum absolute atomic E-state index is 2.67. The molecule has 0 amide bonds. The second-order valence-corrected chi connectivity index (χ2v) is 5.11. The molecule has 0 radical (unpaired) electrons. The molecule has 1 fully saturated rings. The highest BCUT2D eigenvalue weighted by Crippen LogP contribution is 2.19. The number of likely N-dealkylation sites (N-methyl/N-ethyl adjacent to an activating group) is 1. The Morgan fingerprint density at radius 1 is 1.13 bits per heavy atom. The van der Waals surface area contributed by atoms with E-state index in [9.17, 15) is 0 Å². The third-order valence-electron chi connectivity index (χ3n) is 3.71. The van der Waals surface area contributed by atoms with Gasteiger partial charge in [0.05, 0.1) is 0 Å². The van der Waals surface area contributed by atoms with Crippen molar-refractivity contribution in [2.75, 3.05) is 39.8 Å². The highest BCUT2D eigenvalue weighted by molar-refractivity contribution is 4.91. The molecule has 0 spiro atoms. The Morgan fingerprint density at radius 3 is 2.87 bits per heavy atom. The summed E-state index contributed by atoms with van der Waals surface area (Å²) in [5.74, 6) is 0.929. The van der Waals surface area contributed by atoms with Crippen molar-refractivity contribution in [3.63, 3.8) is 0 Å². The molecule has 0 aromatic carbocycles. The maximum Gasteiger partial charge on any atom is 0.0109 e. The molecule has 1 aliphatic heterocycles. The van der Waals surface area contributed by atoms with Crippen LogP contribution in [0.3, 0.4) is 0 Å². The van der Waals surface area contributed by atoms with E-state index in [0.717, 1.165) is 5.92 Å². The molecule has 2 rings (SSSR count). The van der Waals surface area contributed by atoms with Crippen LogP contribution in [0.15, 0.2) is 12.2 Å². The van der Waals surface area contributed by atoms with E-state index in [0.29, 0.717) is 0 Å². The molecule has 86 valence electrons. The lowest BCUT2D eigenvalue weighted by Crippen LogP contribution is -2.33. The predicted molar refractivity (Wildman–Crippen MR) is 65.0 cm³/mol. The number of rotatable bonds is 2. The van der Waals surface area contributed by atoms with Crippen molar-refractivity contribution >= 4 is 0 Å². The van der Waals surface area contributed by atoms with Gasteiger partial charge in [0.25, 0.3) is 0 Å². The fourth-order valence-electron chi connectivity index (χ4n) is 2.67. The quantitative estimate of drug-likeness (QED) is 0.640. The van der Waals surface area contributed by atoms with Gasteiger partial charge < -0.3 is 9.80 Å². The molecular weight excluding hydrogens is 184 g/mol. The minimum Gasteiger partial charge on any atom is -0.305 e. The van der Waals surface area contributed by atoms with Crippen LogP contribution in [0.1, 0.15) is 25.7 Å². The van der Waals surface area contributed by atoms with Crippen LogP contribution in [0.5, 0.6) is 0 Å². The van der Waals surface area contributed by atoms with E-state index in [1.54, 1.807) is 0 Å². The minimum absolute atomic E-state index is 0.929. The summed E-state index contributed by atoms with van der Waals surface area (Å²) in [6.45, 7) is 6.45. The summed E-state index contributed by atoms with van der Waals surface area (Å²) in [5.41, 5.74) is 0. The topological polar surface area (TPSA) is 6.48 Å². The summed E-state index contributed by atoms with van der Waals surface area (Å²) in [5, 5.41) is 0. The molecule has 1 atom stereocenters. The largest absolute Gasteiger partial charge is 0.305 e. The Hall–Kier alpha value is -0.340. The molecule has 15 heavy (non-hydrogen) atoms. The second kappa shape index (κ2) is 5.66. The van der Waals surface area contributed by atoms with Gasteiger partial charge in [-0.1, -0.05) is 12.2 Å². The van der Waals surface area contributed by atoms with Crippen molar-refractivity contribution in [2.45, 2.75) is 25.7 Å². The van der Waals surface area contributed by atoms with E-state index >= 15 is 0 Å². The molecule has 2 heteroatoms. The number of allylic oxidation sites excluding steroid dienone is 2. The fourth-order valence-corrected chi connectivity index (χ4v) is 2.67. The molecule has 0 aromatic heterocycles. The Morgan fingerprint density at radius 2 is 2.07 bits per heavy atom. The summed E-state index contributed by atoms with van der Waals surface area (Å²) < 4.78 is 0. The van der Waals surface area contributed by atoms with Crippen LogP contribution in [-0.2, 0) is 0 Å². The summed E-state index contributed by atoms with van der Waals surface area (Å²) in [6, 6.07) is 0. The van der Waals surface area contributed by atoms with E-state index in [2.05, 4.69) is 29.0 Å². The van der Waals surface area contributed by atoms with Crippen LogP contribution in [0, 0.1) is 5.92 Å². The molecule has 0 saturated carbocycles. The zero-order valence-corrected chi connectivity index (χ0v) is 9.99. The van der Waals surface area contributed by atoms with Gasteiger partial charge in [-0.3, -0.25) is 0 Å². The minimum atomic E-state index is 0.929. The van der Waals surface area contributed by atoms with Crippen LogP contribution in [-0.4, -0.2) is 49.6 Å². The van der Waals surface area contributed by atoms with Crippen LogP contribution >= 0.6 is 0 Å². The lowest BCUT2D eigenvalue weighted by molar-refractivity contribution is 0.228. The zero-order valence-electron chi connectivity index (χ0n) is 9.99. The van der Waals surface area contributed by atoms with Crippen molar-refractivity contribution in [1.82, 2.24) is 9.80 Å². The van der Waals surface area contributed by atoms with Gasteiger partial charge in [-0.2, -0.15) is 0 Å². The first-order valence-electron chi connectivity index (χ1n) is 6.40. The van der Waals surface area contributed by atoms with E-state index < -0.39 is 0 Å². The van der Waals surface area contributed by atoms with Gasteiger partial charge in [-0.05, 0) is 51.7 Å². The van der Waals surface area contributed by atoms with Gasteiger partial charge in [-0.25, -0.2) is 0 Å². The Balaban J connectivity index is 1.75. The predicted octanol–water partition coefficient (Wildman–Crippen LogP) is 1.98. The highest BCUT2D eigenvalue weighted by atomic mass is 15.2. The van der Waals surface area contributed by atoms with E-state index in [-0.39, 0.29) is 0 Å². The number of hydrogen-bond donors (Lipinski definition) is 0. The summed E-state index contributed by atoms with van der Waals surface area (Å²) in [6.07, 6.45) is 10.1.